The van der Waals surface area contributed by atoms with E-state index in [1.165, 1.54) is 6.07 Å². The third kappa shape index (κ3) is 4.07. The molecule has 136 valence electrons. The Kier molecular flexibility index (Phi) is 5.27. The molecule has 1 aliphatic rings. The first-order valence-electron chi connectivity index (χ1n) is 8.67. The Bertz CT molecular complexity index is 955. The van der Waals surface area contributed by atoms with Crippen LogP contribution in [-0.2, 0) is 6.54 Å². The lowest BCUT2D eigenvalue weighted by molar-refractivity contribution is 0.362. The maximum Gasteiger partial charge on any atom is 0.190 e. The van der Waals surface area contributed by atoms with E-state index in [2.05, 4.69) is 16.8 Å². The van der Waals surface area contributed by atoms with Gasteiger partial charge >= 0.3 is 0 Å². The van der Waals surface area contributed by atoms with Crippen molar-refractivity contribution >= 4 is 34.4 Å². The molecule has 0 spiro atoms. The second-order valence-electron chi connectivity index (χ2n) is 6.32. The van der Waals surface area contributed by atoms with E-state index in [9.17, 15) is 4.39 Å². The summed E-state index contributed by atoms with van der Waals surface area (Å²) in [6.45, 7) is 0.620. The Labute approximate surface area is 167 Å². The van der Waals surface area contributed by atoms with E-state index in [-0.39, 0.29) is 11.9 Å². The normalized spacial score (nSPS) is 16.3. The summed E-state index contributed by atoms with van der Waals surface area (Å²) in [5.41, 5.74) is 4.07. The predicted molar refractivity (Wildman–Crippen MR) is 112 cm³/mol. The van der Waals surface area contributed by atoms with E-state index in [0.717, 1.165) is 22.4 Å². The number of nitrogens with zero attached hydrogens (tertiary/aromatic N) is 2. The van der Waals surface area contributed by atoms with E-state index < -0.39 is 0 Å². The highest BCUT2D eigenvalue weighted by Crippen LogP contribution is 2.33. The second-order valence-corrected chi connectivity index (χ2v) is 7.49. The molecule has 1 unspecified atom stereocenters. The zero-order valence-electron chi connectivity index (χ0n) is 14.5. The van der Waals surface area contributed by atoms with Crippen LogP contribution in [0.5, 0.6) is 0 Å². The molecule has 3 nitrogen and oxygen atoms in total. The second kappa shape index (κ2) is 7.98. The van der Waals surface area contributed by atoms with Gasteiger partial charge in [-0.3, -0.25) is 0 Å². The van der Waals surface area contributed by atoms with E-state index in [1.807, 2.05) is 41.8 Å². The van der Waals surface area contributed by atoms with Gasteiger partial charge in [0.05, 0.1) is 11.8 Å². The largest absolute Gasteiger partial charge is 0.357 e. The maximum absolute atomic E-state index is 13.8. The van der Waals surface area contributed by atoms with Crippen LogP contribution in [0.1, 0.15) is 29.2 Å². The van der Waals surface area contributed by atoms with Crippen LogP contribution in [0.4, 0.5) is 4.39 Å². The van der Waals surface area contributed by atoms with Crippen LogP contribution < -0.4 is 5.32 Å². The fourth-order valence-corrected chi connectivity index (χ4v) is 4.03. The number of hydrazone groups is 1. The Morgan fingerprint density at radius 3 is 2.78 bits per heavy atom. The lowest BCUT2D eigenvalue weighted by Crippen LogP contribution is -2.36. The molecule has 27 heavy (non-hydrogen) atoms. The molecular formula is C21H18FN3S2. The highest BCUT2D eigenvalue weighted by molar-refractivity contribution is 7.80. The Morgan fingerprint density at radius 2 is 2.04 bits per heavy atom. The van der Waals surface area contributed by atoms with Gasteiger partial charge in [-0.25, -0.2) is 9.40 Å². The van der Waals surface area contributed by atoms with Gasteiger partial charge in [-0.15, -0.1) is 0 Å². The molecule has 2 aromatic carbocycles. The van der Waals surface area contributed by atoms with Gasteiger partial charge in [0.15, 0.2) is 5.11 Å². The minimum Gasteiger partial charge on any atom is -0.357 e. The van der Waals surface area contributed by atoms with Crippen LogP contribution in [0.2, 0.25) is 0 Å². The number of hydrogen-bond donors (Lipinski definition) is 1. The number of benzene rings is 2. The average molecular weight is 396 g/mol. The fourth-order valence-electron chi connectivity index (χ4n) is 3.13. The van der Waals surface area contributed by atoms with Crippen molar-refractivity contribution in [3.05, 3.63) is 93.9 Å². The van der Waals surface area contributed by atoms with E-state index in [1.54, 1.807) is 28.5 Å². The van der Waals surface area contributed by atoms with Crippen LogP contribution in [0, 0.1) is 5.82 Å². The van der Waals surface area contributed by atoms with Crippen LogP contribution in [0.25, 0.3) is 0 Å². The monoisotopic (exact) mass is 395 g/mol. The molecule has 0 fully saturated rings. The molecule has 0 bridgehead atoms. The standard InChI is InChI=1S/C21H18FN3S2/c22-18-8-4-7-16(11-18)20-12-19(17-9-10-27-14-17)24-25(20)21(26)23-13-15-5-2-1-3-6-15/h1-11,14,20H,12-13H2,(H,23,26). The minimum absolute atomic E-state index is 0.119. The molecule has 2 heterocycles. The first-order valence-corrected chi connectivity index (χ1v) is 10.0. The van der Waals surface area contributed by atoms with Gasteiger partial charge in [0, 0.05) is 18.5 Å². The summed E-state index contributed by atoms with van der Waals surface area (Å²) >= 11 is 7.26. The van der Waals surface area contributed by atoms with Crippen LogP contribution in [0.15, 0.2) is 76.5 Å². The third-order valence-electron chi connectivity index (χ3n) is 4.49. The van der Waals surface area contributed by atoms with E-state index in [4.69, 9.17) is 17.3 Å². The van der Waals surface area contributed by atoms with Gasteiger partial charge in [0.2, 0.25) is 0 Å². The highest BCUT2D eigenvalue weighted by atomic mass is 32.1. The van der Waals surface area contributed by atoms with Gasteiger partial charge in [0.1, 0.15) is 5.82 Å². The highest BCUT2D eigenvalue weighted by Gasteiger charge is 2.31. The first kappa shape index (κ1) is 17.8. The number of halogens is 1. The Hall–Kier alpha value is -2.57. The molecule has 0 saturated heterocycles. The van der Waals surface area contributed by atoms with Gasteiger partial charge in [-0.1, -0.05) is 42.5 Å². The van der Waals surface area contributed by atoms with Gasteiger partial charge in [-0.05, 0) is 52.3 Å². The van der Waals surface area contributed by atoms with Crippen LogP contribution in [0.3, 0.4) is 0 Å². The van der Waals surface area contributed by atoms with Gasteiger partial charge in [0.25, 0.3) is 0 Å². The van der Waals surface area contributed by atoms with Crippen molar-refractivity contribution in [2.45, 2.75) is 19.0 Å². The summed E-state index contributed by atoms with van der Waals surface area (Å²) in [5.74, 6) is -0.250. The van der Waals surface area contributed by atoms with Crippen molar-refractivity contribution in [2.75, 3.05) is 0 Å². The van der Waals surface area contributed by atoms with E-state index in [0.29, 0.717) is 18.1 Å². The molecule has 0 amide bonds. The topological polar surface area (TPSA) is 27.6 Å². The molecule has 6 heteroatoms. The lowest BCUT2D eigenvalue weighted by atomic mass is 10.00. The van der Waals surface area contributed by atoms with Crippen molar-refractivity contribution in [3.63, 3.8) is 0 Å². The van der Waals surface area contributed by atoms with Gasteiger partial charge < -0.3 is 5.32 Å². The number of thiocarbonyl (C=S) groups is 1. The number of hydrogen-bond acceptors (Lipinski definition) is 3. The third-order valence-corrected chi connectivity index (χ3v) is 5.51. The fraction of sp³-hybridized carbons (Fsp3) is 0.143. The zero-order valence-corrected chi connectivity index (χ0v) is 16.1. The van der Waals surface area contributed by atoms with E-state index >= 15 is 0 Å². The summed E-state index contributed by atoms with van der Waals surface area (Å²) in [4.78, 5) is 0. The summed E-state index contributed by atoms with van der Waals surface area (Å²) in [6, 6.07) is 18.7. The zero-order chi connectivity index (χ0) is 18.6. The van der Waals surface area contributed by atoms with Crippen molar-refractivity contribution in [3.8, 4) is 0 Å². The molecule has 1 atom stereocenters. The number of thiophene rings is 1. The van der Waals surface area contributed by atoms with Crippen molar-refractivity contribution in [1.29, 1.82) is 0 Å². The summed E-state index contributed by atoms with van der Waals surface area (Å²) in [5, 5.41) is 14.5. The molecular weight excluding hydrogens is 377 g/mol. The van der Waals surface area contributed by atoms with Gasteiger partial charge in [-0.2, -0.15) is 16.4 Å². The smallest absolute Gasteiger partial charge is 0.190 e. The molecule has 1 aliphatic heterocycles. The number of nitrogens with one attached hydrogen (secondary N) is 1. The molecule has 0 aliphatic carbocycles. The average Bonchev–Trinajstić information content (AvgIpc) is 3.36. The predicted octanol–water partition coefficient (Wildman–Crippen LogP) is 5.11. The summed E-state index contributed by atoms with van der Waals surface area (Å²) in [6.07, 6.45) is 0.688. The Balaban J connectivity index is 1.57. The van der Waals surface area contributed by atoms with Crippen LogP contribution in [-0.4, -0.2) is 15.8 Å². The SMILES string of the molecule is Fc1cccc(C2CC(c3ccsc3)=NN2C(=S)NCc2ccccc2)c1. The molecule has 0 radical (unpaired) electrons. The van der Waals surface area contributed by atoms with Crippen molar-refractivity contribution in [2.24, 2.45) is 5.10 Å². The summed E-state index contributed by atoms with van der Waals surface area (Å²) < 4.78 is 13.8. The van der Waals surface area contributed by atoms with Crippen molar-refractivity contribution < 1.29 is 4.39 Å². The Morgan fingerprint density at radius 1 is 1.19 bits per heavy atom. The minimum atomic E-state index is -0.250. The van der Waals surface area contributed by atoms with Crippen LogP contribution >= 0.6 is 23.6 Å². The quantitative estimate of drug-likeness (QED) is 0.622. The molecule has 3 aromatic rings. The molecule has 4 rings (SSSR count). The first-order chi connectivity index (χ1) is 13.2. The van der Waals surface area contributed by atoms with Crippen molar-refractivity contribution in [1.82, 2.24) is 10.3 Å². The molecule has 1 N–H and O–H groups in total. The molecule has 1 aromatic heterocycles. The number of rotatable bonds is 4. The maximum atomic E-state index is 13.8. The lowest BCUT2D eigenvalue weighted by Gasteiger charge is -2.25. The molecule has 0 saturated carbocycles. The summed E-state index contributed by atoms with van der Waals surface area (Å²) in [7, 11) is 0.